The predicted molar refractivity (Wildman–Crippen MR) is 87.2 cm³/mol. The smallest absolute Gasteiger partial charge is 0.229 e. The highest BCUT2D eigenvalue weighted by molar-refractivity contribution is 5.49. The molecule has 0 bridgehead atoms. The minimum atomic E-state index is 0.0772. The van der Waals surface area contributed by atoms with Crippen molar-refractivity contribution >= 4 is 0 Å². The number of aromatic nitrogens is 3. The normalized spacial score (nSPS) is 11.7. The average Bonchev–Trinajstić information content (AvgIpc) is 3.13. The minimum Gasteiger partial charge on any atom is -0.494 e. The monoisotopic (exact) mass is 320 g/mol. The molecule has 1 aromatic carbocycles. The predicted octanol–water partition coefficient (Wildman–Crippen LogP) is 3.58. The first-order chi connectivity index (χ1) is 11.8. The second kappa shape index (κ2) is 7.38. The van der Waals surface area contributed by atoms with Gasteiger partial charge in [-0.2, -0.15) is 10.2 Å². The Balaban J connectivity index is 1.59. The van der Waals surface area contributed by atoms with Gasteiger partial charge in [-0.05, 0) is 30.7 Å². The number of rotatable bonds is 6. The second-order valence-corrected chi connectivity index (χ2v) is 5.35. The molecule has 0 aliphatic rings. The Hall–Kier alpha value is -3.20. The highest BCUT2D eigenvalue weighted by Gasteiger charge is 2.16. The van der Waals surface area contributed by atoms with Crippen LogP contribution in [0, 0.1) is 11.3 Å². The Morgan fingerprint density at radius 3 is 2.75 bits per heavy atom. The number of hydrogen-bond acceptors (Lipinski definition) is 6. The van der Waals surface area contributed by atoms with Gasteiger partial charge in [0.15, 0.2) is 0 Å². The molecule has 0 aliphatic heterocycles. The maximum atomic E-state index is 8.79. The summed E-state index contributed by atoms with van der Waals surface area (Å²) in [6, 6.07) is 15.1. The molecule has 0 saturated carbocycles. The second-order valence-electron chi connectivity index (χ2n) is 5.35. The highest BCUT2D eigenvalue weighted by Crippen LogP contribution is 2.21. The van der Waals surface area contributed by atoms with Gasteiger partial charge in [0.1, 0.15) is 17.5 Å². The number of ether oxygens (including phenoxy) is 1. The van der Waals surface area contributed by atoms with Crippen LogP contribution in [0.2, 0.25) is 0 Å². The maximum Gasteiger partial charge on any atom is 0.229 e. The molecule has 2 heterocycles. The van der Waals surface area contributed by atoms with Crippen molar-refractivity contribution in [1.82, 2.24) is 15.1 Å². The number of nitrogens with zero attached hydrogens (tertiary/aromatic N) is 4. The third-order valence-electron chi connectivity index (χ3n) is 3.55. The molecule has 0 fully saturated rings. The van der Waals surface area contributed by atoms with Gasteiger partial charge < -0.3 is 9.26 Å². The van der Waals surface area contributed by atoms with Crippen molar-refractivity contribution in [1.29, 1.82) is 5.26 Å². The van der Waals surface area contributed by atoms with Crippen LogP contribution < -0.4 is 4.74 Å². The summed E-state index contributed by atoms with van der Waals surface area (Å²) in [7, 11) is 0. The quantitative estimate of drug-likeness (QED) is 0.690. The van der Waals surface area contributed by atoms with E-state index in [1.165, 1.54) is 6.20 Å². The molecule has 6 heteroatoms. The molecule has 3 aromatic rings. The zero-order valence-electron chi connectivity index (χ0n) is 13.2. The van der Waals surface area contributed by atoms with E-state index in [-0.39, 0.29) is 5.92 Å². The van der Waals surface area contributed by atoms with E-state index in [9.17, 15) is 0 Å². The fourth-order valence-electron chi connectivity index (χ4n) is 2.13. The van der Waals surface area contributed by atoms with E-state index < -0.39 is 0 Å². The van der Waals surface area contributed by atoms with E-state index in [2.05, 4.69) is 15.1 Å². The number of para-hydroxylation sites is 1. The number of nitriles is 1. The first-order valence-corrected chi connectivity index (χ1v) is 7.64. The molecule has 0 aliphatic carbocycles. The van der Waals surface area contributed by atoms with Gasteiger partial charge in [0.05, 0.1) is 12.2 Å². The summed E-state index contributed by atoms with van der Waals surface area (Å²) in [4.78, 5) is 8.54. The lowest BCUT2D eigenvalue weighted by atomic mass is 10.1. The van der Waals surface area contributed by atoms with E-state index in [1.54, 1.807) is 12.1 Å². The fourth-order valence-corrected chi connectivity index (χ4v) is 2.13. The molecule has 0 spiro atoms. The Morgan fingerprint density at radius 1 is 1.21 bits per heavy atom. The number of benzene rings is 1. The molecule has 3 rings (SSSR count). The first-order valence-electron chi connectivity index (χ1n) is 7.64. The molecule has 6 nitrogen and oxygen atoms in total. The lowest BCUT2D eigenvalue weighted by molar-refractivity contribution is 0.280. The number of pyridine rings is 1. The average molecular weight is 320 g/mol. The zero-order valence-corrected chi connectivity index (χ0v) is 13.2. The molecule has 1 atom stereocenters. The van der Waals surface area contributed by atoms with Crippen molar-refractivity contribution in [3.05, 3.63) is 60.1 Å². The van der Waals surface area contributed by atoms with Gasteiger partial charge >= 0.3 is 0 Å². The summed E-state index contributed by atoms with van der Waals surface area (Å²) >= 11 is 0. The van der Waals surface area contributed by atoms with E-state index in [1.807, 2.05) is 43.3 Å². The van der Waals surface area contributed by atoms with Gasteiger partial charge in [-0.15, -0.1) is 0 Å². The molecule has 0 unspecified atom stereocenters. The number of hydrogen-bond donors (Lipinski definition) is 0. The van der Waals surface area contributed by atoms with Crippen LogP contribution in [0.3, 0.4) is 0 Å². The molecule has 120 valence electrons. The maximum absolute atomic E-state index is 8.79. The van der Waals surface area contributed by atoms with Crippen molar-refractivity contribution in [2.75, 3.05) is 6.61 Å². The van der Waals surface area contributed by atoms with Crippen molar-refractivity contribution in [2.24, 2.45) is 0 Å². The molecular weight excluding hydrogens is 304 g/mol. The van der Waals surface area contributed by atoms with Crippen LogP contribution in [0.4, 0.5) is 0 Å². The molecular formula is C18H16N4O2. The zero-order chi connectivity index (χ0) is 16.8. The SMILES string of the molecule is C[C@H](CCOc1ccccc1)c1nc(-c2ccc(C#N)cn2)no1. The third kappa shape index (κ3) is 3.76. The lowest BCUT2D eigenvalue weighted by Gasteiger charge is -2.08. The van der Waals surface area contributed by atoms with Crippen LogP contribution in [0.1, 0.15) is 30.7 Å². The van der Waals surface area contributed by atoms with E-state index in [0.717, 1.165) is 12.2 Å². The van der Waals surface area contributed by atoms with Gasteiger partial charge in [-0.1, -0.05) is 30.3 Å². The molecule has 0 saturated heterocycles. The lowest BCUT2D eigenvalue weighted by Crippen LogP contribution is -2.03. The summed E-state index contributed by atoms with van der Waals surface area (Å²) < 4.78 is 11.0. The van der Waals surface area contributed by atoms with Crippen molar-refractivity contribution < 1.29 is 9.26 Å². The Morgan fingerprint density at radius 2 is 2.04 bits per heavy atom. The van der Waals surface area contributed by atoms with Gasteiger partial charge in [0.25, 0.3) is 0 Å². The summed E-state index contributed by atoms with van der Waals surface area (Å²) in [5.41, 5.74) is 1.07. The Bertz CT molecular complexity index is 822. The van der Waals surface area contributed by atoms with Crippen LogP contribution in [0.5, 0.6) is 5.75 Å². The van der Waals surface area contributed by atoms with Crippen LogP contribution in [-0.4, -0.2) is 21.7 Å². The van der Waals surface area contributed by atoms with Gasteiger partial charge in [0, 0.05) is 12.1 Å². The standard InChI is InChI=1S/C18H16N4O2/c1-13(9-10-23-15-5-3-2-4-6-15)18-21-17(22-24-18)16-8-7-14(11-19)12-20-16/h2-8,12-13H,9-10H2,1H3/t13-/m1/s1. The van der Waals surface area contributed by atoms with Crippen LogP contribution >= 0.6 is 0 Å². The van der Waals surface area contributed by atoms with Crippen molar-refractivity contribution in [2.45, 2.75) is 19.3 Å². The van der Waals surface area contributed by atoms with Crippen LogP contribution in [-0.2, 0) is 0 Å². The molecule has 0 N–H and O–H groups in total. The highest BCUT2D eigenvalue weighted by atomic mass is 16.5. The molecule has 0 amide bonds. The van der Waals surface area contributed by atoms with Crippen LogP contribution in [0.15, 0.2) is 53.2 Å². The van der Waals surface area contributed by atoms with Gasteiger partial charge in [-0.25, -0.2) is 0 Å². The largest absolute Gasteiger partial charge is 0.494 e. The third-order valence-corrected chi connectivity index (χ3v) is 3.55. The first kappa shape index (κ1) is 15.7. The van der Waals surface area contributed by atoms with Gasteiger partial charge in [0.2, 0.25) is 11.7 Å². The molecule has 0 radical (unpaired) electrons. The van der Waals surface area contributed by atoms with Crippen molar-refractivity contribution in [3.63, 3.8) is 0 Å². The summed E-state index contributed by atoms with van der Waals surface area (Å²) in [5, 5.41) is 12.7. The van der Waals surface area contributed by atoms with Crippen molar-refractivity contribution in [3.8, 4) is 23.3 Å². The van der Waals surface area contributed by atoms with Gasteiger partial charge in [-0.3, -0.25) is 4.98 Å². The molecule has 24 heavy (non-hydrogen) atoms. The Labute approximate surface area is 139 Å². The van der Waals surface area contributed by atoms with Crippen LogP contribution in [0.25, 0.3) is 11.5 Å². The van der Waals surface area contributed by atoms with E-state index in [4.69, 9.17) is 14.5 Å². The Kier molecular flexibility index (Phi) is 4.82. The summed E-state index contributed by atoms with van der Waals surface area (Å²) in [6.45, 7) is 2.58. The summed E-state index contributed by atoms with van der Waals surface area (Å²) in [6.07, 6.45) is 2.25. The fraction of sp³-hybridized carbons (Fsp3) is 0.222. The van der Waals surface area contributed by atoms with E-state index >= 15 is 0 Å². The van der Waals surface area contributed by atoms with E-state index in [0.29, 0.717) is 29.6 Å². The molecule has 2 aromatic heterocycles. The minimum absolute atomic E-state index is 0.0772. The topological polar surface area (TPSA) is 84.8 Å². The summed E-state index contributed by atoms with van der Waals surface area (Å²) in [5.74, 6) is 1.89.